The average Bonchev–Trinajstić information content (AvgIpc) is 3.20. The highest BCUT2D eigenvalue weighted by atomic mass is 16.5. The van der Waals surface area contributed by atoms with Crippen LogP contribution in [0.15, 0.2) is 59.3 Å². The Balaban J connectivity index is 1.22. The molecule has 2 aliphatic rings. The maximum Gasteiger partial charge on any atom is 0.123 e. The molecular formula is C27H33N3O3. The molecule has 0 unspecified atom stereocenters. The van der Waals surface area contributed by atoms with Crippen molar-refractivity contribution in [3.05, 3.63) is 83.1 Å². The van der Waals surface area contributed by atoms with Crippen molar-refractivity contribution in [1.82, 2.24) is 14.8 Å². The lowest BCUT2D eigenvalue weighted by Gasteiger charge is -2.38. The normalized spacial score (nSPS) is 19.0. The number of pyridine rings is 1. The van der Waals surface area contributed by atoms with Crippen LogP contribution in [0.2, 0.25) is 0 Å². The van der Waals surface area contributed by atoms with Gasteiger partial charge in [0, 0.05) is 62.7 Å². The number of piperidine rings is 1. The minimum atomic E-state index is -0.767. The highest BCUT2D eigenvalue weighted by Crippen LogP contribution is 2.33. The second-order valence-corrected chi connectivity index (χ2v) is 9.27. The number of rotatable bonds is 6. The fourth-order valence-corrected chi connectivity index (χ4v) is 4.92. The van der Waals surface area contributed by atoms with Gasteiger partial charge in [0.2, 0.25) is 0 Å². The zero-order chi connectivity index (χ0) is 22.7. The predicted molar refractivity (Wildman–Crippen MR) is 127 cm³/mol. The number of fused-ring (bicyclic) bond motifs is 1. The average molecular weight is 448 g/mol. The van der Waals surface area contributed by atoms with Crippen LogP contribution in [0.4, 0.5) is 0 Å². The molecule has 1 fully saturated rings. The molecule has 0 amide bonds. The van der Waals surface area contributed by atoms with Crippen molar-refractivity contribution in [3.8, 4) is 5.75 Å². The summed E-state index contributed by atoms with van der Waals surface area (Å²) in [6, 6.07) is 14.6. The third-order valence-electron chi connectivity index (χ3n) is 6.92. The van der Waals surface area contributed by atoms with Crippen LogP contribution in [0.25, 0.3) is 0 Å². The zero-order valence-electron chi connectivity index (χ0n) is 19.4. The van der Waals surface area contributed by atoms with Gasteiger partial charge in [-0.2, -0.15) is 0 Å². The summed E-state index contributed by atoms with van der Waals surface area (Å²) in [5.74, 6) is 3.04. The Kier molecular flexibility index (Phi) is 6.49. The lowest BCUT2D eigenvalue weighted by Crippen LogP contribution is -2.42. The van der Waals surface area contributed by atoms with Gasteiger partial charge < -0.3 is 14.3 Å². The number of aliphatic hydroxyl groups is 1. The summed E-state index contributed by atoms with van der Waals surface area (Å²) in [4.78, 5) is 9.00. The van der Waals surface area contributed by atoms with Gasteiger partial charge >= 0.3 is 0 Å². The van der Waals surface area contributed by atoms with E-state index in [2.05, 4.69) is 52.0 Å². The molecule has 1 aromatic carbocycles. The highest BCUT2D eigenvalue weighted by Gasteiger charge is 2.34. The Bertz CT molecular complexity index is 1060. The molecule has 0 atom stereocenters. The van der Waals surface area contributed by atoms with Gasteiger partial charge in [-0.15, -0.1) is 0 Å². The molecule has 1 saturated heterocycles. The van der Waals surface area contributed by atoms with E-state index >= 15 is 0 Å². The molecule has 5 rings (SSSR count). The van der Waals surface area contributed by atoms with E-state index in [1.165, 1.54) is 11.1 Å². The second kappa shape index (κ2) is 9.67. The monoisotopic (exact) mass is 447 g/mol. The number of hydrogen-bond donors (Lipinski definition) is 1. The Morgan fingerprint density at radius 1 is 1.00 bits per heavy atom. The number of furan rings is 1. The first-order valence-corrected chi connectivity index (χ1v) is 12.0. The van der Waals surface area contributed by atoms with Crippen LogP contribution in [0.1, 0.15) is 48.0 Å². The number of aryl methyl sites for hydroxylation is 1. The first kappa shape index (κ1) is 22.1. The molecule has 0 spiro atoms. The third-order valence-corrected chi connectivity index (χ3v) is 6.92. The molecule has 2 aromatic heterocycles. The maximum absolute atomic E-state index is 11.1. The smallest absolute Gasteiger partial charge is 0.123 e. The van der Waals surface area contributed by atoms with E-state index in [4.69, 9.17) is 9.15 Å². The van der Waals surface area contributed by atoms with Gasteiger partial charge in [-0.25, -0.2) is 0 Å². The van der Waals surface area contributed by atoms with Crippen LogP contribution in [0.3, 0.4) is 0 Å². The van der Waals surface area contributed by atoms with Crippen molar-refractivity contribution >= 4 is 0 Å². The maximum atomic E-state index is 11.1. The van der Waals surface area contributed by atoms with Crippen molar-refractivity contribution in [3.63, 3.8) is 0 Å². The first-order valence-electron chi connectivity index (χ1n) is 12.0. The van der Waals surface area contributed by atoms with E-state index in [0.717, 1.165) is 81.4 Å². The van der Waals surface area contributed by atoms with Crippen molar-refractivity contribution in [2.45, 2.75) is 51.4 Å². The highest BCUT2D eigenvalue weighted by molar-refractivity contribution is 5.38. The number of likely N-dealkylation sites (tertiary alicyclic amines) is 1. The molecule has 0 radical (unpaired) electrons. The van der Waals surface area contributed by atoms with Gasteiger partial charge in [0.15, 0.2) is 0 Å². The van der Waals surface area contributed by atoms with Gasteiger partial charge in [-0.1, -0.05) is 19.1 Å². The van der Waals surface area contributed by atoms with Gasteiger partial charge in [-0.3, -0.25) is 14.8 Å². The quantitative estimate of drug-likeness (QED) is 0.614. The Labute approximate surface area is 195 Å². The molecule has 3 aromatic rings. The Morgan fingerprint density at radius 3 is 2.61 bits per heavy atom. The zero-order valence-corrected chi connectivity index (χ0v) is 19.4. The first-order chi connectivity index (χ1) is 16.1. The van der Waals surface area contributed by atoms with Crippen molar-refractivity contribution in [1.29, 1.82) is 0 Å². The minimum absolute atomic E-state index is 0.687. The van der Waals surface area contributed by atoms with Gasteiger partial charge in [0.1, 0.15) is 23.9 Å². The van der Waals surface area contributed by atoms with E-state index in [1.807, 2.05) is 12.1 Å². The standard InChI is InChI=1S/C27H33N3O3/c1-2-24-6-7-25(33-24)20-30-14-15-32-26-8-5-21(16-22(26)19-30)18-29-12-9-27(31,10-13-29)23-4-3-11-28-17-23/h3-8,11,16-17,31H,2,9-10,12-15,18-20H2,1H3. The number of hydrogen-bond acceptors (Lipinski definition) is 6. The van der Waals surface area contributed by atoms with Gasteiger partial charge in [0.05, 0.1) is 12.1 Å². The summed E-state index contributed by atoms with van der Waals surface area (Å²) in [5.41, 5.74) is 2.68. The van der Waals surface area contributed by atoms with Crippen LogP contribution in [0.5, 0.6) is 5.75 Å². The SMILES string of the molecule is CCc1ccc(CN2CCOc3ccc(CN4CCC(O)(c5cccnc5)CC4)cc3C2)o1. The van der Waals surface area contributed by atoms with Crippen LogP contribution in [-0.2, 0) is 31.7 Å². The number of ether oxygens (including phenoxy) is 1. The summed E-state index contributed by atoms with van der Waals surface area (Å²) in [6.45, 7) is 7.94. The van der Waals surface area contributed by atoms with Crippen LogP contribution < -0.4 is 4.74 Å². The largest absolute Gasteiger partial charge is 0.492 e. The van der Waals surface area contributed by atoms with E-state index in [1.54, 1.807) is 12.4 Å². The molecule has 1 N–H and O–H groups in total. The van der Waals surface area contributed by atoms with Gasteiger partial charge in [0.25, 0.3) is 0 Å². The second-order valence-electron chi connectivity index (χ2n) is 9.27. The minimum Gasteiger partial charge on any atom is -0.492 e. The Hall–Kier alpha value is -2.67. The molecule has 33 heavy (non-hydrogen) atoms. The number of nitrogens with zero attached hydrogens (tertiary/aromatic N) is 3. The number of benzene rings is 1. The van der Waals surface area contributed by atoms with E-state index in [0.29, 0.717) is 6.61 Å². The summed E-state index contributed by atoms with van der Waals surface area (Å²) in [5, 5.41) is 11.1. The van der Waals surface area contributed by atoms with E-state index in [9.17, 15) is 5.11 Å². The third kappa shape index (κ3) is 5.13. The summed E-state index contributed by atoms with van der Waals surface area (Å²) in [7, 11) is 0. The lowest BCUT2D eigenvalue weighted by molar-refractivity contribution is -0.0279. The molecule has 0 bridgehead atoms. The molecule has 6 nitrogen and oxygen atoms in total. The summed E-state index contributed by atoms with van der Waals surface area (Å²) in [6.07, 6.45) is 5.92. The van der Waals surface area contributed by atoms with Crippen LogP contribution in [-0.4, -0.2) is 46.1 Å². The lowest BCUT2D eigenvalue weighted by atomic mass is 9.85. The van der Waals surface area contributed by atoms with Crippen LogP contribution in [0, 0.1) is 0 Å². The topological polar surface area (TPSA) is 62.0 Å². The predicted octanol–water partition coefficient (Wildman–Crippen LogP) is 4.12. The van der Waals surface area contributed by atoms with E-state index < -0.39 is 5.60 Å². The van der Waals surface area contributed by atoms with Crippen molar-refractivity contribution in [2.24, 2.45) is 0 Å². The molecule has 0 saturated carbocycles. The molecule has 6 heteroatoms. The molecule has 4 heterocycles. The summed E-state index contributed by atoms with van der Waals surface area (Å²) >= 11 is 0. The Morgan fingerprint density at radius 2 is 1.85 bits per heavy atom. The fraction of sp³-hybridized carbons (Fsp3) is 0.444. The van der Waals surface area contributed by atoms with Crippen LogP contribution >= 0.6 is 0 Å². The van der Waals surface area contributed by atoms with Gasteiger partial charge in [-0.05, 0) is 48.7 Å². The molecule has 2 aliphatic heterocycles. The van der Waals surface area contributed by atoms with Crippen molar-refractivity contribution < 1.29 is 14.3 Å². The summed E-state index contributed by atoms with van der Waals surface area (Å²) < 4.78 is 12.0. The molecule has 0 aliphatic carbocycles. The fourth-order valence-electron chi connectivity index (χ4n) is 4.92. The molecule has 174 valence electrons. The van der Waals surface area contributed by atoms with Crippen molar-refractivity contribution in [2.75, 3.05) is 26.2 Å². The molecular weight excluding hydrogens is 414 g/mol. The van der Waals surface area contributed by atoms with E-state index in [-0.39, 0.29) is 0 Å². The number of aromatic nitrogens is 1.